The molecule has 0 aliphatic heterocycles. The number of nitrogens with zero attached hydrogens (tertiary/aromatic N) is 1. The Labute approximate surface area is 98.2 Å². The lowest BCUT2D eigenvalue weighted by molar-refractivity contribution is 0.189. The number of pyridine rings is 1. The Balaban J connectivity index is 2.89. The van der Waals surface area contributed by atoms with E-state index >= 15 is 0 Å². The SMILES string of the molecule is COCCCn1c(C)ccc(CBr)c1=O. The van der Waals surface area contributed by atoms with Crippen LogP contribution in [0.4, 0.5) is 0 Å². The zero-order valence-electron chi connectivity index (χ0n) is 9.12. The summed E-state index contributed by atoms with van der Waals surface area (Å²) in [7, 11) is 1.67. The van der Waals surface area contributed by atoms with E-state index in [-0.39, 0.29) is 5.56 Å². The van der Waals surface area contributed by atoms with Crippen LogP contribution in [0.1, 0.15) is 17.7 Å². The minimum absolute atomic E-state index is 0.1000. The number of rotatable bonds is 5. The number of ether oxygens (including phenoxy) is 1. The van der Waals surface area contributed by atoms with Crippen LogP contribution in [0.2, 0.25) is 0 Å². The van der Waals surface area contributed by atoms with Crippen LogP contribution in [0.5, 0.6) is 0 Å². The summed E-state index contributed by atoms with van der Waals surface area (Å²) in [6, 6.07) is 3.85. The van der Waals surface area contributed by atoms with Gasteiger partial charge in [0.25, 0.3) is 5.56 Å². The molecule has 0 atom stereocenters. The van der Waals surface area contributed by atoms with Crippen LogP contribution in [0.3, 0.4) is 0 Å². The molecular weight excluding hydrogens is 258 g/mol. The third kappa shape index (κ3) is 3.18. The normalized spacial score (nSPS) is 10.6. The highest BCUT2D eigenvalue weighted by Gasteiger charge is 2.04. The predicted molar refractivity (Wildman–Crippen MR) is 64.6 cm³/mol. The first-order chi connectivity index (χ1) is 7.20. The predicted octanol–water partition coefficient (Wildman–Crippen LogP) is 2.09. The number of alkyl halides is 1. The van der Waals surface area contributed by atoms with Crippen molar-refractivity contribution in [1.82, 2.24) is 4.57 Å². The molecule has 0 radical (unpaired) electrons. The zero-order valence-corrected chi connectivity index (χ0v) is 10.7. The molecule has 0 N–H and O–H groups in total. The highest BCUT2D eigenvalue weighted by Crippen LogP contribution is 2.03. The fourth-order valence-electron chi connectivity index (χ4n) is 1.46. The third-order valence-corrected chi connectivity index (χ3v) is 2.95. The molecule has 0 spiro atoms. The van der Waals surface area contributed by atoms with Gasteiger partial charge in [-0.1, -0.05) is 22.0 Å². The van der Waals surface area contributed by atoms with Gasteiger partial charge in [0.2, 0.25) is 0 Å². The first-order valence-electron chi connectivity index (χ1n) is 4.95. The monoisotopic (exact) mass is 273 g/mol. The second-order valence-electron chi connectivity index (χ2n) is 3.44. The molecule has 1 aromatic rings. The third-order valence-electron chi connectivity index (χ3n) is 2.35. The van der Waals surface area contributed by atoms with Crippen LogP contribution in [0, 0.1) is 6.92 Å². The van der Waals surface area contributed by atoms with Gasteiger partial charge in [-0.3, -0.25) is 4.79 Å². The molecule has 0 unspecified atom stereocenters. The van der Waals surface area contributed by atoms with E-state index in [0.717, 1.165) is 24.2 Å². The topological polar surface area (TPSA) is 31.2 Å². The molecule has 0 aliphatic carbocycles. The van der Waals surface area contributed by atoms with Crippen molar-refractivity contribution in [3.05, 3.63) is 33.7 Å². The standard InChI is InChI=1S/C11H16BrNO2/c1-9-4-5-10(8-12)11(14)13(9)6-3-7-15-2/h4-5H,3,6-8H2,1-2H3. The van der Waals surface area contributed by atoms with Crippen molar-refractivity contribution in [1.29, 1.82) is 0 Å². The van der Waals surface area contributed by atoms with Crippen molar-refractivity contribution in [2.45, 2.75) is 25.2 Å². The molecule has 15 heavy (non-hydrogen) atoms. The van der Waals surface area contributed by atoms with Gasteiger partial charge < -0.3 is 9.30 Å². The summed E-state index contributed by atoms with van der Waals surface area (Å²) < 4.78 is 6.78. The lowest BCUT2D eigenvalue weighted by Gasteiger charge is -2.10. The molecule has 84 valence electrons. The Morgan fingerprint density at radius 2 is 2.20 bits per heavy atom. The highest BCUT2D eigenvalue weighted by molar-refractivity contribution is 9.08. The maximum absolute atomic E-state index is 11.9. The minimum atomic E-state index is 0.1000. The van der Waals surface area contributed by atoms with Gasteiger partial charge >= 0.3 is 0 Å². The first kappa shape index (κ1) is 12.5. The van der Waals surface area contributed by atoms with Crippen molar-refractivity contribution in [2.75, 3.05) is 13.7 Å². The number of hydrogen-bond donors (Lipinski definition) is 0. The Kier molecular flexibility index (Phi) is 5.05. The van der Waals surface area contributed by atoms with Crippen LogP contribution in [0.15, 0.2) is 16.9 Å². The van der Waals surface area contributed by atoms with Gasteiger partial charge in [-0.2, -0.15) is 0 Å². The Morgan fingerprint density at radius 3 is 2.80 bits per heavy atom. The van der Waals surface area contributed by atoms with Gasteiger partial charge in [0.1, 0.15) is 0 Å². The second kappa shape index (κ2) is 6.08. The molecule has 0 fully saturated rings. The highest BCUT2D eigenvalue weighted by atomic mass is 79.9. The second-order valence-corrected chi connectivity index (χ2v) is 4.00. The molecule has 0 bridgehead atoms. The lowest BCUT2D eigenvalue weighted by Crippen LogP contribution is -2.25. The maximum atomic E-state index is 11.9. The van der Waals surface area contributed by atoms with E-state index in [1.54, 1.807) is 11.7 Å². The number of aryl methyl sites for hydroxylation is 1. The Bertz CT molecular complexity index is 373. The smallest absolute Gasteiger partial charge is 0.254 e. The number of methoxy groups -OCH3 is 1. The van der Waals surface area contributed by atoms with E-state index in [2.05, 4.69) is 15.9 Å². The molecule has 1 rings (SSSR count). The Hall–Kier alpha value is -0.610. The summed E-state index contributed by atoms with van der Waals surface area (Å²) in [5.74, 6) is 0. The van der Waals surface area contributed by atoms with Crippen LogP contribution in [-0.4, -0.2) is 18.3 Å². The largest absolute Gasteiger partial charge is 0.385 e. The first-order valence-corrected chi connectivity index (χ1v) is 6.07. The summed E-state index contributed by atoms with van der Waals surface area (Å²) in [6.45, 7) is 3.36. The maximum Gasteiger partial charge on any atom is 0.254 e. The lowest BCUT2D eigenvalue weighted by atomic mass is 10.2. The average molecular weight is 274 g/mol. The summed E-state index contributed by atoms with van der Waals surface area (Å²) in [5.41, 5.74) is 1.90. The molecule has 0 saturated heterocycles. The van der Waals surface area contributed by atoms with Crippen LogP contribution < -0.4 is 5.56 Å². The zero-order chi connectivity index (χ0) is 11.3. The van der Waals surface area contributed by atoms with Crippen molar-refractivity contribution in [3.8, 4) is 0 Å². The molecule has 0 amide bonds. The van der Waals surface area contributed by atoms with Gasteiger partial charge in [0, 0.05) is 36.8 Å². The van der Waals surface area contributed by atoms with Gasteiger partial charge in [-0.15, -0.1) is 0 Å². The van der Waals surface area contributed by atoms with Crippen molar-refractivity contribution >= 4 is 15.9 Å². The van der Waals surface area contributed by atoms with Gasteiger partial charge in [0.05, 0.1) is 0 Å². The summed E-state index contributed by atoms with van der Waals surface area (Å²) in [5, 5.41) is 0.608. The molecular formula is C11H16BrNO2. The Morgan fingerprint density at radius 1 is 1.47 bits per heavy atom. The minimum Gasteiger partial charge on any atom is -0.385 e. The van der Waals surface area contributed by atoms with E-state index in [4.69, 9.17) is 4.74 Å². The van der Waals surface area contributed by atoms with E-state index < -0.39 is 0 Å². The quantitative estimate of drug-likeness (QED) is 0.608. The summed E-state index contributed by atoms with van der Waals surface area (Å²) in [6.07, 6.45) is 0.864. The number of halogens is 1. The van der Waals surface area contributed by atoms with Crippen LogP contribution in [0.25, 0.3) is 0 Å². The van der Waals surface area contributed by atoms with E-state index in [1.807, 2.05) is 19.1 Å². The van der Waals surface area contributed by atoms with E-state index in [9.17, 15) is 4.79 Å². The van der Waals surface area contributed by atoms with Gasteiger partial charge in [-0.05, 0) is 19.4 Å². The fraction of sp³-hybridized carbons (Fsp3) is 0.545. The van der Waals surface area contributed by atoms with E-state index in [0.29, 0.717) is 11.9 Å². The molecule has 0 saturated carbocycles. The molecule has 3 nitrogen and oxygen atoms in total. The van der Waals surface area contributed by atoms with E-state index in [1.165, 1.54) is 0 Å². The van der Waals surface area contributed by atoms with Gasteiger partial charge in [0.15, 0.2) is 0 Å². The molecule has 1 heterocycles. The molecule has 0 aliphatic rings. The van der Waals surface area contributed by atoms with Crippen LogP contribution in [-0.2, 0) is 16.6 Å². The van der Waals surface area contributed by atoms with Crippen molar-refractivity contribution in [3.63, 3.8) is 0 Å². The molecule has 1 aromatic heterocycles. The van der Waals surface area contributed by atoms with Crippen molar-refractivity contribution < 1.29 is 4.74 Å². The summed E-state index contributed by atoms with van der Waals surface area (Å²) in [4.78, 5) is 11.9. The fourth-order valence-corrected chi connectivity index (χ4v) is 1.89. The molecule has 4 heteroatoms. The van der Waals surface area contributed by atoms with Gasteiger partial charge in [-0.25, -0.2) is 0 Å². The summed E-state index contributed by atoms with van der Waals surface area (Å²) >= 11 is 3.31. The number of aromatic nitrogens is 1. The van der Waals surface area contributed by atoms with Crippen LogP contribution >= 0.6 is 15.9 Å². The number of hydrogen-bond acceptors (Lipinski definition) is 2. The average Bonchev–Trinajstić information content (AvgIpc) is 2.23. The van der Waals surface area contributed by atoms with Crippen molar-refractivity contribution in [2.24, 2.45) is 0 Å². The molecule has 0 aromatic carbocycles.